The zero-order chi connectivity index (χ0) is 17.5. The lowest BCUT2D eigenvalue weighted by molar-refractivity contribution is 0.104. The number of nitrogens with zero attached hydrogens (tertiary/aromatic N) is 4. The maximum atomic E-state index is 10.1. The van der Waals surface area contributed by atoms with Gasteiger partial charge in [0, 0.05) is 12.6 Å². The van der Waals surface area contributed by atoms with Crippen LogP contribution in [-0.4, -0.2) is 44.6 Å². The number of ether oxygens (including phenoxy) is 1. The number of rotatable bonds is 8. The molecule has 0 fully saturated rings. The van der Waals surface area contributed by atoms with Crippen LogP contribution >= 0.6 is 12.4 Å². The van der Waals surface area contributed by atoms with Crippen molar-refractivity contribution >= 4 is 12.4 Å². The quantitative estimate of drug-likeness (QED) is 0.627. The van der Waals surface area contributed by atoms with Crippen molar-refractivity contribution in [2.45, 2.75) is 19.1 Å². The van der Waals surface area contributed by atoms with Crippen LogP contribution in [0.5, 0.6) is 5.75 Å². The van der Waals surface area contributed by atoms with Gasteiger partial charge >= 0.3 is 0 Å². The second kappa shape index (κ2) is 9.86. The van der Waals surface area contributed by atoms with E-state index in [9.17, 15) is 5.11 Å². The van der Waals surface area contributed by atoms with E-state index in [0.29, 0.717) is 6.54 Å². The van der Waals surface area contributed by atoms with Crippen LogP contribution in [0.3, 0.4) is 0 Å². The summed E-state index contributed by atoms with van der Waals surface area (Å²) in [7, 11) is 0. The van der Waals surface area contributed by atoms with E-state index in [2.05, 4.69) is 27.8 Å². The van der Waals surface area contributed by atoms with Crippen LogP contribution in [0.15, 0.2) is 60.9 Å². The smallest absolute Gasteiger partial charge is 0.143 e. The normalized spacial score (nSPS) is 12.8. The minimum absolute atomic E-state index is 0. The molecule has 3 aromatic rings. The summed E-state index contributed by atoms with van der Waals surface area (Å²) < 4.78 is 7.16. The molecule has 2 aromatic carbocycles. The van der Waals surface area contributed by atoms with E-state index >= 15 is 0 Å². The van der Waals surface area contributed by atoms with Gasteiger partial charge in [-0.05, 0) is 47.2 Å². The van der Waals surface area contributed by atoms with Gasteiger partial charge in [-0.15, -0.1) is 17.5 Å². The summed E-state index contributed by atoms with van der Waals surface area (Å²) >= 11 is 0. The first-order valence-corrected chi connectivity index (χ1v) is 8.15. The second-order valence-electron chi connectivity index (χ2n) is 5.75. The Kier molecular flexibility index (Phi) is 7.53. The molecule has 2 N–H and O–H groups in total. The number of benzene rings is 2. The third kappa shape index (κ3) is 5.52. The van der Waals surface area contributed by atoms with E-state index in [1.165, 1.54) is 0 Å². The number of hydrogen-bond donors (Lipinski definition) is 2. The van der Waals surface area contributed by atoms with Gasteiger partial charge in [0.05, 0.1) is 5.69 Å². The fraction of sp³-hybridized carbons (Fsp3) is 0.278. The van der Waals surface area contributed by atoms with Crippen molar-refractivity contribution in [3.8, 4) is 11.4 Å². The van der Waals surface area contributed by atoms with Crippen LogP contribution in [0.4, 0.5) is 0 Å². The van der Waals surface area contributed by atoms with Gasteiger partial charge in [-0.25, -0.2) is 4.68 Å². The summed E-state index contributed by atoms with van der Waals surface area (Å²) in [4.78, 5) is 0. The maximum absolute atomic E-state index is 10.1. The van der Waals surface area contributed by atoms with Gasteiger partial charge in [0.2, 0.25) is 0 Å². The van der Waals surface area contributed by atoms with Crippen LogP contribution in [0.2, 0.25) is 0 Å². The van der Waals surface area contributed by atoms with Crippen LogP contribution in [-0.2, 0) is 0 Å². The number of nitrogens with one attached hydrogen (secondary N) is 1. The molecular formula is C18H22ClN5O2. The minimum Gasteiger partial charge on any atom is -0.491 e. The lowest BCUT2D eigenvalue weighted by Gasteiger charge is -2.18. The molecular weight excluding hydrogens is 354 g/mol. The van der Waals surface area contributed by atoms with Crippen molar-refractivity contribution in [2.24, 2.45) is 0 Å². The van der Waals surface area contributed by atoms with E-state index in [-0.39, 0.29) is 25.1 Å². The van der Waals surface area contributed by atoms with Crippen LogP contribution in [0.1, 0.15) is 18.5 Å². The fourth-order valence-electron chi connectivity index (χ4n) is 2.39. The standard InChI is InChI=1S/C18H21N5O2.ClH/c1-14(15-7-9-16(10-8-15)23-13-20-21-22-23)19-11-17(24)12-25-18-5-3-2-4-6-18;/h2-10,13-14,17,19,24H,11-12H2,1H3;1H. The Morgan fingerprint density at radius 1 is 1.12 bits per heavy atom. The van der Waals surface area contributed by atoms with Crippen LogP contribution in [0, 0.1) is 0 Å². The number of tetrazole rings is 1. The molecule has 0 amide bonds. The minimum atomic E-state index is -0.580. The molecule has 0 aliphatic rings. The summed E-state index contributed by atoms with van der Waals surface area (Å²) in [5.41, 5.74) is 2.02. The summed E-state index contributed by atoms with van der Waals surface area (Å²) in [6, 6.07) is 17.5. The number of halogens is 1. The van der Waals surface area contributed by atoms with Crippen LogP contribution < -0.4 is 10.1 Å². The maximum Gasteiger partial charge on any atom is 0.143 e. The first-order chi connectivity index (χ1) is 12.2. The molecule has 8 heteroatoms. The van der Waals surface area contributed by atoms with Gasteiger partial charge in [0.15, 0.2) is 0 Å². The first kappa shape index (κ1) is 19.8. The zero-order valence-corrected chi connectivity index (χ0v) is 15.2. The Bertz CT molecular complexity index is 753. The van der Waals surface area contributed by atoms with Crippen molar-refractivity contribution in [3.63, 3.8) is 0 Å². The van der Waals surface area contributed by atoms with Crippen molar-refractivity contribution in [1.29, 1.82) is 0 Å². The Balaban J connectivity index is 0.00000243. The van der Waals surface area contributed by atoms with Gasteiger partial charge in [-0.3, -0.25) is 0 Å². The van der Waals surface area contributed by atoms with Crippen molar-refractivity contribution in [2.75, 3.05) is 13.2 Å². The second-order valence-corrected chi connectivity index (χ2v) is 5.75. The highest BCUT2D eigenvalue weighted by atomic mass is 35.5. The first-order valence-electron chi connectivity index (χ1n) is 8.15. The summed E-state index contributed by atoms with van der Waals surface area (Å²) in [6.45, 7) is 2.75. The lowest BCUT2D eigenvalue weighted by atomic mass is 10.1. The summed E-state index contributed by atoms with van der Waals surface area (Å²) in [6.07, 6.45) is 0.975. The van der Waals surface area contributed by atoms with Crippen molar-refractivity contribution in [3.05, 3.63) is 66.5 Å². The Morgan fingerprint density at radius 3 is 2.50 bits per heavy atom. The van der Waals surface area contributed by atoms with E-state index < -0.39 is 6.10 Å². The molecule has 1 heterocycles. The topological polar surface area (TPSA) is 85.1 Å². The lowest BCUT2D eigenvalue weighted by Crippen LogP contribution is -2.33. The fourth-order valence-corrected chi connectivity index (χ4v) is 2.39. The average molecular weight is 376 g/mol. The molecule has 0 radical (unpaired) electrons. The van der Waals surface area contributed by atoms with Crippen LogP contribution in [0.25, 0.3) is 5.69 Å². The van der Waals surface area contributed by atoms with Gasteiger partial charge in [0.1, 0.15) is 24.8 Å². The van der Waals surface area contributed by atoms with E-state index in [1.807, 2.05) is 54.6 Å². The third-order valence-electron chi connectivity index (χ3n) is 3.85. The number of aliphatic hydroxyl groups is 1. The van der Waals surface area contributed by atoms with Crippen molar-refractivity contribution < 1.29 is 9.84 Å². The number of hydrogen-bond acceptors (Lipinski definition) is 6. The molecule has 0 saturated heterocycles. The molecule has 0 bridgehead atoms. The van der Waals surface area contributed by atoms with E-state index in [4.69, 9.17) is 4.74 Å². The Hall–Kier alpha value is -2.48. The molecule has 138 valence electrons. The molecule has 0 saturated carbocycles. The summed E-state index contributed by atoms with van der Waals surface area (Å²) in [5.74, 6) is 0.757. The molecule has 2 atom stereocenters. The van der Waals surface area contributed by atoms with E-state index in [0.717, 1.165) is 17.0 Å². The van der Waals surface area contributed by atoms with Gasteiger partial charge in [-0.2, -0.15) is 0 Å². The highest BCUT2D eigenvalue weighted by Crippen LogP contribution is 2.15. The largest absolute Gasteiger partial charge is 0.491 e. The number of para-hydroxylation sites is 1. The molecule has 26 heavy (non-hydrogen) atoms. The zero-order valence-electron chi connectivity index (χ0n) is 14.4. The molecule has 2 unspecified atom stereocenters. The van der Waals surface area contributed by atoms with Crippen molar-refractivity contribution in [1.82, 2.24) is 25.5 Å². The third-order valence-corrected chi connectivity index (χ3v) is 3.85. The molecule has 7 nitrogen and oxygen atoms in total. The number of aliphatic hydroxyl groups excluding tert-OH is 1. The molecule has 0 spiro atoms. The predicted molar refractivity (Wildman–Crippen MR) is 101 cm³/mol. The predicted octanol–water partition coefficient (Wildman–Crippen LogP) is 2.17. The van der Waals surface area contributed by atoms with Gasteiger partial charge < -0.3 is 15.2 Å². The SMILES string of the molecule is CC(NCC(O)COc1ccccc1)c1ccc(-n2cnnn2)cc1.Cl. The van der Waals surface area contributed by atoms with E-state index in [1.54, 1.807) is 11.0 Å². The Labute approximate surface area is 158 Å². The highest BCUT2D eigenvalue weighted by Gasteiger charge is 2.10. The average Bonchev–Trinajstić information content (AvgIpc) is 3.20. The molecule has 0 aliphatic heterocycles. The Morgan fingerprint density at radius 2 is 1.85 bits per heavy atom. The molecule has 3 rings (SSSR count). The molecule has 1 aromatic heterocycles. The highest BCUT2D eigenvalue weighted by molar-refractivity contribution is 5.85. The summed E-state index contributed by atoms with van der Waals surface area (Å²) in [5, 5.41) is 24.5. The monoisotopic (exact) mass is 375 g/mol. The van der Waals surface area contributed by atoms with Gasteiger partial charge in [0.25, 0.3) is 0 Å². The molecule has 0 aliphatic carbocycles. The van der Waals surface area contributed by atoms with Gasteiger partial charge in [-0.1, -0.05) is 30.3 Å². The number of aromatic nitrogens is 4.